The highest BCUT2D eigenvalue weighted by Gasteiger charge is 2.20. The van der Waals surface area contributed by atoms with Crippen LogP contribution in [0.1, 0.15) is 102 Å². The Labute approximate surface area is 195 Å². The van der Waals surface area contributed by atoms with Crippen molar-refractivity contribution >= 4 is 11.5 Å². The van der Waals surface area contributed by atoms with Crippen molar-refractivity contribution in [1.29, 1.82) is 0 Å². The van der Waals surface area contributed by atoms with Crippen LogP contribution in [0.15, 0.2) is 35.3 Å². The molecular weight excluding hydrogens is 394 g/mol. The van der Waals surface area contributed by atoms with Gasteiger partial charge in [0.25, 0.3) is 0 Å². The molecule has 0 saturated heterocycles. The second-order valence-corrected chi connectivity index (χ2v) is 10.0. The number of hydrogen-bond acceptors (Lipinski definition) is 3. The Hall–Kier alpha value is -1.97. The lowest BCUT2D eigenvalue weighted by molar-refractivity contribution is 0.402. The van der Waals surface area contributed by atoms with Crippen LogP contribution in [-0.2, 0) is 0 Å². The summed E-state index contributed by atoms with van der Waals surface area (Å²) in [6.07, 6.45) is 21.8. The third kappa shape index (κ3) is 6.76. The van der Waals surface area contributed by atoms with Gasteiger partial charge < -0.3 is 15.4 Å². The first-order chi connectivity index (χ1) is 15.8. The van der Waals surface area contributed by atoms with Gasteiger partial charge in [-0.2, -0.15) is 0 Å². The van der Waals surface area contributed by atoms with Gasteiger partial charge >= 0.3 is 0 Å². The normalized spacial score (nSPS) is 22.5. The molecule has 3 aliphatic carbocycles. The van der Waals surface area contributed by atoms with E-state index in [1.165, 1.54) is 96.3 Å². The molecule has 0 aliphatic heterocycles. The molecular formula is C28H43N3O. The first-order valence-corrected chi connectivity index (χ1v) is 13.3. The summed E-state index contributed by atoms with van der Waals surface area (Å²) in [4.78, 5) is 5.29. The number of rotatable bonds is 7. The molecule has 0 amide bonds. The molecule has 32 heavy (non-hydrogen) atoms. The van der Waals surface area contributed by atoms with Crippen molar-refractivity contribution < 1.29 is 4.74 Å². The minimum absolute atomic E-state index is 0.458. The minimum Gasteiger partial charge on any atom is -0.496 e. The Morgan fingerprint density at radius 3 is 1.97 bits per heavy atom. The number of amidine groups is 1. The molecule has 176 valence electrons. The van der Waals surface area contributed by atoms with Crippen LogP contribution < -0.4 is 15.4 Å². The Balaban J connectivity index is 1.64. The minimum atomic E-state index is 0.458. The standard InChI is InChI=1S/C28H43N3O/c1-32-27-20-12-11-19-25(27)26(29-22-13-5-2-6-14-22)21-28(30-23-15-7-3-8-16-23)31-24-17-9-4-10-18-24/h11-12,19-24,29H,2-10,13-18H2,1H3,(H,30,31)/b26-21-. The van der Waals surface area contributed by atoms with Gasteiger partial charge in [-0.05, 0) is 50.7 Å². The number of aliphatic imine (C=N–C) groups is 1. The molecule has 0 radical (unpaired) electrons. The first kappa shape index (κ1) is 23.2. The number of methoxy groups -OCH3 is 1. The van der Waals surface area contributed by atoms with Gasteiger partial charge in [-0.25, -0.2) is 0 Å². The van der Waals surface area contributed by atoms with Gasteiger partial charge in [0.1, 0.15) is 11.6 Å². The van der Waals surface area contributed by atoms with Crippen LogP contribution in [0.2, 0.25) is 0 Å². The Morgan fingerprint density at radius 2 is 1.34 bits per heavy atom. The van der Waals surface area contributed by atoms with Crippen molar-refractivity contribution in [1.82, 2.24) is 10.6 Å². The maximum Gasteiger partial charge on any atom is 0.128 e. The molecule has 0 heterocycles. The van der Waals surface area contributed by atoms with E-state index in [0.717, 1.165) is 22.8 Å². The number of hydrogen-bond donors (Lipinski definition) is 2. The number of nitrogens with one attached hydrogen (secondary N) is 2. The fourth-order valence-electron chi connectivity index (χ4n) is 5.65. The van der Waals surface area contributed by atoms with Crippen molar-refractivity contribution in [3.8, 4) is 5.75 Å². The summed E-state index contributed by atoms with van der Waals surface area (Å²) in [5.41, 5.74) is 2.30. The van der Waals surface area contributed by atoms with E-state index in [1.54, 1.807) is 7.11 Å². The second kappa shape index (κ2) is 12.3. The molecule has 3 fully saturated rings. The van der Waals surface area contributed by atoms with Gasteiger partial charge in [-0.1, -0.05) is 69.9 Å². The maximum atomic E-state index is 5.76. The molecule has 0 unspecified atom stereocenters. The maximum absolute atomic E-state index is 5.76. The zero-order valence-corrected chi connectivity index (χ0v) is 20.1. The average Bonchev–Trinajstić information content (AvgIpc) is 2.85. The largest absolute Gasteiger partial charge is 0.496 e. The molecule has 3 aliphatic rings. The van der Waals surface area contributed by atoms with Crippen LogP contribution in [0, 0.1) is 0 Å². The lowest BCUT2D eigenvalue weighted by atomic mass is 9.94. The molecule has 1 aromatic carbocycles. The van der Waals surface area contributed by atoms with E-state index in [1.807, 2.05) is 0 Å². The molecule has 2 N–H and O–H groups in total. The summed E-state index contributed by atoms with van der Waals surface area (Å²) < 4.78 is 5.76. The molecule has 0 bridgehead atoms. The van der Waals surface area contributed by atoms with E-state index >= 15 is 0 Å². The van der Waals surface area contributed by atoms with Crippen molar-refractivity contribution in [3.05, 3.63) is 35.9 Å². The number of ether oxygens (including phenoxy) is 1. The lowest BCUT2D eigenvalue weighted by Crippen LogP contribution is -2.37. The Morgan fingerprint density at radius 1 is 0.781 bits per heavy atom. The zero-order chi connectivity index (χ0) is 22.0. The third-order valence-electron chi connectivity index (χ3n) is 7.50. The molecule has 4 heteroatoms. The molecule has 4 rings (SSSR count). The van der Waals surface area contributed by atoms with Crippen LogP contribution >= 0.6 is 0 Å². The summed E-state index contributed by atoms with van der Waals surface area (Å²) in [5, 5.41) is 7.78. The van der Waals surface area contributed by atoms with E-state index in [0.29, 0.717) is 18.1 Å². The molecule has 3 saturated carbocycles. The predicted octanol–water partition coefficient (Wildman–Crippen LogP) is 6.61. The highest BCUT2D eigenvalue weighted by atomic mass is 16.5. The average molecular weight is 438 g/mol. The molecule has 0 spiro atoms. The van der Waals surface area contributed by atoms with Crippen LogP contribution in [0.4, 0.5) is 0 Å². The van der Waals surface area contributed by atoms with E-state index in [2.05, 4.69) is 41.0 Å². The lowest BCUT2D eigenvalue weighted by Gasteiger charge is -2.28. The monoisotopic (exact) mass is 437 g/mol. The number of para-hydroxylation sites is 1. The number of nitrogens with zero attached hydrogens (tertiary/aromatic N) is 1. The van der Waals surface area contributed by atoms with E-state index in [-0.39, 0.29) is 0 Å². The van der Waals surface area contributed by atoms with E-state index in [9.17, 15) is 0 Å². The van der Waals surface area contributed by atoms with Crippen LogP contribution in [0.5, 0.6) is 5.75 Å². The van der Waals surface area contributed by atoms with Gasteiger partial charge in [-0.3, -0.25) is 4.99 Å². The highest BCUT2D eigenvalue weighted by Crippen LogP contribution is 2.28. The number of benzene rings is 1. The quantitative estimate of drug-likeness (QED) is 0.372. The van der Waals surface area contributed by atoms with Gasteiger partial charge in [0.15, 0.2) is 0 Å². The van der Waals surface area contributed by atoms with Crippen molar-refractivity contribution in [3.63, 3.8) is 0 Å². The third-order valence-corrected chi connectivity index (χ3v) is 7.50. The van der Waals surface area contributed by atoms with Crippen molar-refractivity contribution in [2.45, 2.75) is 114 Å². The fourth-order valence-corrected chi connectivity index (χ4v) is 5.65. The molecule has 0 aromatic heterocycles. The van der Waals surface area contributed by atoms with E-state index < -0.39 is 0 Å². The van der Waals surface area contributed by atoms with Gasteiger partial charge in [0.05, 0.1) is 13.2 Å². The topological polar surface area (TPSA) is 45.6 Å². The van der Waals surface area contributed by atoms with Crippen molar-refractivity contribution in [2.75, 3.05) is 7.11 Å². The Bertz CT molecular complexity index is 754. The fraction of sp³-hybridized carbons (Fsp3) is 0.679. The van der Waals surface area contributed by atoms with Gasteiger partial charge in [0.2, 0.25) is 0 Å². The first-order valence-electron chi connectivity index (χ1n) is 13.3. The SMILES string of the molecule is COc1ccccc1/C(=C/C(=NC1CCCCC1)NC1CCCCC1)NC1CCCCC1. The summed E-state index contributed by atoms with van der Waals surface area (Å²) in [6.45, 7) is 0. The predicted molar refractivity (Wildman–Crippen MR) is 135 cm³/mol. The van der Waals surface area contributed by atoms with Gasteiger partial charge in [-0.15, -0.1) is 0 Å². The summed E-state index contributed by atoms with van der Waals surface area (Å²) in [7, 11) is 1.77. The summed E-state index contributed by atoms with van der Waals surface area (Å²) in [6, 6.07) is 9.96. The van der Waals surface area contributed by atoms with Crippen LogP contribution in [0.3, 0.4) is 0 Å². The summed E-state index contributed by atoms with van der Waals surface area (Å²) in [5.74, 6) is 2.00. The molecule has 4 nitrogen and oxygen atoms in total. The van der Waals surface area contributed by atoms with E-state index in [4.69, 9.17) is 9.73 Å². The van der Waals surface area contributed by atoms with Crippen LogP contribution in [-0.4, -0.2) is 31.1 Å². The van der Waals surface area contributed by atoms with Crippen LogP contribution in [0.25, 0.3) is 5.70 Å². The molecule has 0 atom stereocenters. The highest BCUT2D eigenvalue weighted by molar-refractivity contribution is 5.99. The van der Waals surface area contributed by atoms with Crippen molar-refractivity contribution in [2.24, 2.45) is 4.99 Å². The zero-order valence-electron chi connectivity index (χ0n) is 20.1. The molecule has 1 aromatic rings. The summed E-state index contributed by atoms with van der Waals surface area (Å²) >= 11 is 0. The Kier molecular flexibility index (Phi) is 8.93. The van der Waals surface area contributed by atoms with Gasteiger partial charge in [0, 0.05) is 29.4 Å². The smallest absolute Gasteiger partial charge is 0.128 e. The second-order valence-electron chi connectivity index (χ2n) is 10.0.